The highest BCUT2D eigenvalue weighted by Crippen LogP contribution is 2.30. The van der Waals surface area contributed by atoms with Crippen molar-refractivity contribution in [3.8, 4) is 0 Å². The van der Waals surface area contributed by atoms with E-state index in [9.17, 15) is 9.59 Å². The predicted molar refractivity (Wildman–Crippen MR) is 109 cm³/mol. The van der Waals surface area contributed by atoms with Crippen LogP contribution in [0.25, 0.3) is 10.2 Å². The van der Waals surface area contributed by atoms with E-state index in [1.165, 1.54) is 11.3 Å². The number of fused-ring (bicyclic) bond motifs is 1. The number of carbonyl (C=O) groups is 1. The molecule has 0 bridgehead atoms. The summed E-state index contributed by atoms with van der Waals surface area (Å²) in [7, 11) is 0. The standard InChI is InChI=1S/C20H31N3O2S/c1-8-9-10-23-12-21-17-14(18(23)25)13(2)15(26-17)16(24)22-20(6,7)11-19(3,4)5/h12H,8-11H2,1-7H3,(H,22,24). The lowest BCUT2D eigenvalue weighted by molar-refractivity contribution is 0.0895. The fraction of sp³-hybridized carbons (Fsp3) is 0.650. The van der Waals surface area contributed by atoms with Crippen molar-refractivity contribution in [3.63, 3.8) is 0 Å². The molecule has 0 aromatic carbocycles. The second-order valence-electron chi connectivity index (χ2n) is 8.91. The van der Waals surface area contributed by atoms with Crippen molar-refractivity contribution < 1.29 is 4.79 Å². The van der Waals surface area contributed by atoms with Gasteiger partial charge in [-0.25, -0.2) is 4.98 Å². The van der Waals surface area contributed by atoms with Gasteiger partial charge in [0.1, 0.15) is 4.83 Å². The Morgan fingerprint density at radius 2 is 1.92 bits per heavy atom. The molecule has 2 aromatic rings. The van der Waals surface area contributed by atoms with Gasteiger partial charge in [0, 0.05) is 12.1 Å². The Bertz CT molecular complexity index is 856. The van der Waals surface area contributed by atoms with E-state index < -0.39 is 0 Å². The van der Waals surface area contributed by atoms with Crippen molar-refractivity contribution in [3.05, 3.63) is 27.1 Å². The Hall–Kier alpha value is -1.69. The highest BCUT2D eigenvalue weighted by molar-refractivity contribution is 7.20. The molecule has 0 saturated heterocycles. The normalized spacial score (nSPS) is 12.6. The third-order valence-electron chi connectivity index (χ3n) is 4.30. The molecule has 2 rings (SSSR count). The van der Waals surface area contributed by atoms with E-state index in [0.29, 0.717) is 21.6 Å². The van der Waals surface area contributed by atoms with Gasteiger partial charge in [-0.1, -0.05) is 34.1 Å². The molecule has 0 fully saturated rings. The fourth-order valence-electron chi connectivity index (χ4n) is 3.60. The highest BCUT2D eigenvalue weighted by Gasteiger charge is 2.29. The molecule has 26 heavy (non-hydrogen) atoms. The van der Waals surface area contributed by atoms with E-state index in [0.717, 1.165) is 24.8 Å². The second-order valence-corrected chi connectivity index (χ2v) is 9.91. The summed E-state index contributed by atoms with van der Waals surface area (Å²) in [6.45, 7) is 15.2. The van der Waals surface area contributed by atoms with Crippen LogP contribution in [0.4, 0.5) is 0 Å². The topological polar surface area (TPSA) is 64.0 Å². The van der Waals surface area contributed by atoms with Crippen LogP contribution in [0.2, 0.25) is 0 Å². The lowest BCUT2D eigenvalue weighted by Gasteiger charge is -2.33. The zero-order chi connectivity index (χ0) is 19.7. The summed E-state index contributed by atoms with van der Waals surface area (Å²) in [5.74, 6) is -0.126. The van der Waals surface area contributed by atoms with Crippen LogP contribution in [0.15, 0.2) is 11.1 Å². The Morgan fingerprint density at radius 1 is 1.27 bits per heavy atom. The zero-order valence-corrected chi connectivity index (χ0v) is 17.8. The molecule has 2 heterocycles. The number of aromatic nitrogens is 2. The number of thiophene rings is 1. The van der Waals surface area contributed by atoms with Crippen LogP contribution in [0.3, 0.4) is 0 Å². The van der Waals surface area contributed by atoms with Gasteiger partial charge in [-0.15, -0.1) is 11.3 Å². The zero-order valence-electron chi connectivity index (χ0n) is 17.0. The third kappa shape index (κ3) is 4.72. The first-order valence-corrected chi connectivity index (χ1v) is 10.1. The van der Waals surface area contributed by atoms with E-state index in [-0.39, 0.29) is 22.4 Å². The number of unbranched alkanes of at least 4 members (excludes halogenated alkanes) is 1. The first-order valence-electron chi connectivity index (χ1n) is 9.26. The van der Waals surface area contributed by atoms with Crippen LogP contribution in [-0.2, 0) is 6.54 Å². The monoisotopic (exact) mass is 377 g/mol. The minimum atomic E-state index is -0.327. The minimum Gasteiger partial charge on any atom is -0.346 e. The maximum atomic E-state index is 12.9. The van der Waals surface area contributed by atoms with Gasteiger partial charge < -0.3 is 5.32 Å². The summed E-state index contributed by atoms with van der Waals surface area (Å²) in [6, 6.07) is 0. The molecular formula is C20H31N3O2S. The van der Waals surface area contributed by atoms with Gasteiger partial charge in [0.15, 0.2) is 0 Å². The molecule has 0 spiro atoms. The molecule has 0 radical (unpaired) electrons. The molecule has 6 heteroatoms. The quantitative estimate of drug-likeness (QED) is 0.805. The number of nitrogens with zero attached hydrogens (tertiary/aromatic N) is 2. The average Bonchev–Trinajstić information content (AvgIpc) is 2.81. The number of rotatable bonds is 6. The Kier molecular flexibility index (Phi) is 5.95. The molecule has 0 saturated carbocycles. The maximum absolute atomic E-state index is 12.9. The third-order valence-corrected chi connectivity index (χ3v) is 5.50. The number of hydrogen-bond donors (Lipinski definition) is 1. The van der Waals surface area contributed by atoms with Gasteiger partial charge in [0.05, 0.1) is 16.6 Å². The van der Waals surface area contributed by atoms with Gasteiger partial charge in [-0.2, -0.15) is 0 Å². The first-order chi connectivity index (χ1) is 11.9. The molecule has 0 aliphatic rings. The molecule has 0 aliphatic heterocycles. The molecule has 5 nitrogen and oxygen atoms in total. The number of nitrogens with one attached hydrogen (secondary N) is 1. The summed E-state index contributed by atoms with van der Waals surface area (Å²) >= 11 is 1.30. The molecule has 1 amide bonds. The largest absolute Gasteiger partial charge is 0.346 e. The van der Waals surface area contributed by atoms with Crippen LogP contribution >= 0.6 is 11.3 Å². The lowest BCUT2D eigenvalue weighted by atomic mass is 9.82. The van der Waals surface area contributed by atoms with Gasteiger partial charge in [-0.3, -0.25) is 14.2 Å². The molecule has 0 atom stereocenters. The van der Waals surface area contributed by atoms with Crippen LogP contribution in [-0.4, -0.2) is 21.0 Å². The van der Waals surface area contributed by atoms with Crippen LogP contribution < -0.4 is 10.9 Å². The maximum Gasteiger partial charge on any atom is 0.262 e. The summed E-state index contributed by atoms with van der Waals surface area (Å²) in [5.41, 5.74) is 0.468. The summed E-state index contributed by atoms with van der Waals surface area (Å²) in [5, 5.41) is 3.71. The van der Waals surface area contributed by atoms with Crippen molar-refractivity contribution in [1.82, 2.24) is 14.9 Å². The Balaban J connectivity index is 2.35. The average molecular weight is 378 g/mol. The van der Waals surface area contributed by atoms with Crippen molar-refractivity contribution in [2.24, 2.45) is 5.41 Å². The smallest absolute Gasteiger partial charge is 0.262 e. The second kappa shape index (κ2) is 7.51. The van der Waals surface area contributed by atoms with Gasteiger partial charge in [-0.05, 0) is 44.6 Å². The number of carbonyl (C=O) groups excluding carboxylic acids is 1. The van der Waals surface area contributed by atoms with Crippen molar-refractivity contribution in [2.45, 2.75) is 79.8 Å². The Labute approximate surface area is 159 Å². The van der Waals surface area contributed by atoms with E-state index in [1.807, 2.05) is 20.8 Å². The fourth-order valence-corrected chi connectivity index (χ4v) is 4.63. The summed E-state index contributed by atoms with van der Waals surface area (Å²) < 4.78 is 1.65. The minimum absolute atomic E-state index is 0.0507. The van der Waals surface area contributed by atoms with E-state index in [4.69, 9.17) is 0 Å². The predicted octanol–water partition coefficient (Wildman–Crippen LogP) is 4.51. The van der Waals surface area contributed by atoms with Gasteiger partial charge >= 0.3 is 0 Å². The number of aryl methyl sites for hydroxylation is 2. The van der Waals surface area contributed by atoms with Crippen molar-refractivity contribution >= 4 is 27.5 Å². The Morgan fingerprint density at radius 3 is 2.50 bits per heavy atom. The molecule has 2 aromatic heterocycles. The van der Waals surface area contributed by atoms with E-state index in [2.05, 4.69) is 38.0 Å². The van der Waals surface area contributed by atoms with Crippen LogP contribution in [0.1, 0.15) is 76.0 Å². The van der Waals surface area contributed by atoms with Crippen LogP contribution in [0.5, 0.6) is 0 Å². The molecule has 144 valence electrons. The van der Waals surface area contributed by atoms with E-state index in [1.54, 1.807) is 10.9 Å². The summed E-state index contributed by atoms with van der Waals surface area (Å²) in [6.07, 6.45) is 4.41. The molecular weight excluding hydrogens is 346 g/mol. The van der Waals surface area contributed by atoms with Gasteiger partial charge in [0.2, 0.25) is 0 Å². The highest BCUT2D eigenvalue weighted by atomic mass is 32.1. The molecule has 0 aliphatic carbocycles. The first kappa shape index (κ1) is 20.6. The SMILES string of the molecule is CCCCn1cnc2sc(C(=O)NC(C)(C)CC(C)(C)C)c(C)c2c1=O. The summed E-state index contributed by atoms with van der Waals surface area (Å²) in [4.78, 5) is 31.3. The van der Waals surface area contributed by atoms with Crippen LogP contribution in [0, 0.1) is 12.3 Å². The van der Waals surface area contributed by atoms with E-state index >= 15 is 0 Å². The number of hydrogen-bond acceptors (Lipinski definition) is 4. The lowest BCUT2D eigenvalue weighted by Crippen LogP contribution is -2.45. The number of amides is 1. The molecule has 1 N–H and O–H groups in total. The molecule has 0 unspecified atom stereocenters. The van der Waals surface area contributed by atoms with Crippen molar-refractivity contribution in [2.75, 3.05) is 0 Å². The van der Waals surface area contributed by atoms with Gasteiger partial charge in [0.25, 0.3) is 11.5 Å². The van der Waals surface area contributed by atoms with Crippen molar-refractivity contribution in [1.29, 1.82) is 0 Å².